The van der Waals surface area contributed by atoms with Crippen molar-refractivity contribution in [3.8, 4) is 5.75 Å². The minimum atomic E-state index is 0.444. The number of rotatable bonds is 7. The largest absolute Gasteiger partial charge is 0.497 e. The molecule has 24 heavy (non-hydrogen) atoms. The summed E-state index contributed by atoms with van der Waals surface area (Å²) in [7, 11) is 1.75. The zero-order valence-corrected chi connectivity index (χ0v) is 15.3. The molecular formula is C21H30N2O. The Balaban J connectivity index is 1.99. The summed E-state index contributed by atoms with van der Waals surface area (Å²) >= 11 is 0. The summed E-state index contributed by atoms with van der Waals surface area (Å²) in [5.41, 5.74) is 4.27. The lowest BCUT2D eigenvalue weighted by atomic mass is 9.90. The first-order valence-electron chi connectivity index (χ1n) is 9.31. The predicted octanol–water partition coefficient (Wildman–Crippen LogP) is 4.86. The van der Waals surface area contributed by atoms with Gasteiger partial charge in [0.05, 0.1) is 7.11 Å². The van der Waals surface area contributed by atoms with Crippen LogP contribution in [0.3, 0.4) is 0 Å². The summed E-state index contributed by atoms with van der Waals surface area (Å²) in [6.07, 6.45) is 9.72. The number of unbranched alkanes of at least 4 members (excludes halogenated alkanes) is 2. The second kappa shape index (κ2) is 7.89. The number of aryl methyl sites for hydroxylation is 1. The molecule has 0 bridgehead atoms. The Hall–Kier alpha value is -1.74. The van der Waals surface area contributed by atoms with Crippen LogP contribution >= 0.6 is 0 Å². The molecule has 3 heteroatoms. The van der Waals surface area contributed by atoms with Crippen molar-refractivity contribution in [1.29, 1.82) is 0 Å². The molecule has 1 N–H and O–H groups in total. The van der Waals surface area contributed by atoms with Crippen LogP contribution in [0.4, 0.5) is 0 Å². The molecule has 0 fully saturated rings. The summed E-state index contributed by atoms with van der Waals surface area (Å²) in [6.45, 7) is 7.80. The summed E-state index contributed by atoms with van der Waals surface area (Å²) < 4.78 is 7.91. The summed E-state index contributed by atoms with van der Waals surface area (Å²) in [4.78, 5) is 0. The number of aromatic nitrogens is 1. The number of nitrogens with zero attached hydrogens (tertiary/aromatic N) is 1. The van der Waals surface area contributed by atoms with E-state index >= 15 is 0 Å². The van der Waals surface area contributed by atoms with E-state index in [1.165, 1.54) is 41.3 Å². The number of methoxy groups -OCH3 is 1. The predicted molar refractivity (Wildman–Crippen MR) is 102 cm³/mol. The number of benzene rings is 1. The van der Waals surface area contributed by atoms with Gasteiger partial charge >= 0.3 is 0 Å². The first-order chi connectivity index (χ1) is 11.7. The van der Waals surface area contributed by atoms with Gasteiger partial charge in [-0.1, -0.05) is 38.3 Å². The number of hydrogen-bond donors (Lipinski definition) is 1. The van der Waals surface area contributed by atoms with E-state index in [0.29, 0.717) is 5.92 Å². The number of nitrogens with one attached hydrogen (secondary N) is 1. The Morgan fingerprint density at radius 3 is 2.88 bits per heavy atom. The van der Waals surface area contributed by atoms with Gasteiger partial charge in [-0.3, -0.25) is 0 Å². The molecule has 1 unspecified atom stereocenters. The van der Waals surface area contributed by atoms with Gasteiger partial charge in [-0.15, -0.1) is 0 Å². The van der Waals surface area contributed by atoms with Crippen LogP contribution in [-0.2, 0) is 6.54 Å². The zero-order valence-electron chi connectivity index (χ0n) is 15.3. The Morgan fingerprint density at radius 1 is 1.29 bits per heavy atom. The molecule has 1 atom stereocenters. The van der Waals surface area contributed by atoms with Crippen LogP contribution in [0.2, 0.25) is 0 Å². The molecule has 2 aromatic rings. The first-order valence-corrected chi connectivity index (χ1v) is 9.31. The Kier molecular flexibility index (Phi) is 5.62. The minimum absolute atomic E-state index is 0.444. The highest BCUT2D eigenvalue weighted by Gasteiger charge is 2.19. The fraction of sp³-hybridized carbons (Fsp3) is 0.524. The van der Waals surface area contributed by atoms with Crippen molar-refractivity contribution in [1.82, 2.24) is 9.88 Å². The average Bonchev–Trinajstić information content (AvgIpc) is 3.00. The highest BCUT2D eigenvalue weighted by atomic mass is 16.5. The maximum absolute atomic E-state index is 5.47. The normalized spacial score (nSPS) is 16.2. The van der Waals surface area contributed by atoms with Crippen LogP contribution in [0, 0.1) is 0 Å². The highest BCUT2D eigenvalue weighted by molar-refractivity contribution is 5.86. The van der Waals surface area contributed by atoms with Crippen molar-refractivity contribution in [3.05, 3.63) is 41.6 Å². The van der Waals surface area contributed by atoms with Crippen molar-refractivity contribution in [3.63, 3.8) is 0 Å². The van der Waals surface area contributed by atoms with Crippen molar-refractivity contribution >= 4 is 10.9 Å². The standard InChI is InChI=1S/C21H30N2O/c1-4-5-6-12-23-15-20(16(2)17-8-7-11-22-14-17)19-13-18(24-3)9-10-21(19)23/h8-10,13,15-16,22H,4-7,11-12,14H2,1-3H3. The third-order valence-corrected chi connectivity index (χ3v) is 5.20. The van der Waals surface area contributed by atoms with Crippen LogP contribution in [-0.4, -0.2) is 24.8 Å². The van der Waals surface area contributed by atoms with Crippen LogP contribution < -0.4 is 10.1 Å². The van der Waals surface area contributed by atoms with Crippen LogP contribution in [0.5, 0.6) is 5.75 Å². The lowest BCUT2D eigenvalue weighted by Gasteiger charge is -2.20. The smallest absolute Gasteiger partial charge is 0.119 e. The molecule has 130 valence electrons. The van der Waals surface area contributed by atoms with E-state index in [1.54, 1.807) is 7.11 Å². The molecule has 3 rings (SSSR count). The van der Waals surface area contributed by atoms with Crippen LogP contribution in [0.1, 0.15) is 51.0 Å². The van der Waals surface area contributed by atoms with Crippen LogP contribution in [0.15, 0.2) is 36.0 Å². The van der Waals surface area contributed by atoms with Gasteiger partial charge in [0.2, 0.25) is 0 Å². The van der Waals surface area contributed by atoms with E-state index in [-0.39, 0.29) is 0 Å². The quantitative estimate of drug-likeness (QED) is 0.581. The van der Waals surface area contributed by atoms with Gasteiger partial charge in [-0.2, -0.15) is 0 Å². The second-order valence-corrected chi connectivity index (χ2v) is 6.83. The number of hydrogen-bond acceptors (Lipinski definition) is 2. The SMILES string of the molecule is CCCCCn1cc(C(C)C2=CCCNC2)c2cc(OC)ccc21. The molecule has 1 aliphatic heterocycles. The minimum Gasteiger partial charge on any atom is -0.497 e. The van der Waals surface area contributed by atoms with E-state index in [9.17, 15) is 0 Å². The summed E-state index contributed by atoms with van der Waals surface area (Å²) in [6, 6.07) is 6.49. The van der Waals surface area contributed by atoms with E-state index < -0.39 is 0 Å². The van der Waals surface area contributed by atoms with Gasteiger partial charge < -0.3 is 14.6 Å². The van der Waals surface area contributed by atoms with Gasteiger partial charge in [0.1, 0.15) is 5.75 Å². The molecular weight excluding hydrogens is 296 g/mol. The Bertz CT molecular complexity index is 714. The highest BCUT2D eigenvalue weighted by Crippen LogP contribution is 2.34. The third-order valence-electron chi connectivity index (χ3n) is 5.20. The van der Waals surface area contributed by atoms with Gasteiger partial charge in [0, 0.05) is 36.1 Å². The molecule has 0 radical (unpaired) electrons. The van der Waals surface area contributed by atoms with Gasteiger partial charge in [-0.05, 0) is 43.1 Å². The number of fused-ring (bicyclic) bond motifs is 1. The Morgan fingerprint density at radius 2 is 2.17 bits per heavy atom. The molecule has 3 nitrogen and oxygen atoms in total. The van der Waals surface area contributed by atoms with E-state index in [4.69, 9.17) is 4.74 Å². The maximum Gasteiger partial charge on any atom is 0.119 e. The fourth-order valence-electron chi connectivity index (χ4n) is 3.69. The molecule has 0 spiro atoms. The van der Waals surface area contributed by atoms with Crippen LogP contribution in [0.25, 0.3) is 10.9 Å². The third kappa shape index (κ3) is 3.51. The molecule has 1 aliphatic rings. The summed E-state index contributed by atoms with van der Waals surface area (Å²) in [5.74, 6) is 1.39. The van der Waals surface area contributed by atoms with Crippen molar-refractivity contribution in [2.75, 3.05) is 20.2 Å². The zero-order chi connectivity index (χ0) is 16.9. The van der Waals surface area contributed by atoms with Gasteiger partial charge in [0.25, 0.3) is 0 Å². The molecule has 0 saturated carbocycles. The van der Waals surface area contributed by atoms with E-state index in [0.717, 1.165) is 31.8 Å². The number of ether oxygens (including phenoxy) is 1. The fourth-order valence-corrected chi connectivity index (χ4v) is 3.69. The average molecular weight is 326 g/mol. The summed E-state index contributed by atoms with van der Waals surface area (Å²) in [5, 5.41) is 4.84. The van der Waals surface area contributed by atoms with Crippen molar-refractivity contribution in [2.24, 2.45) is 0 Å². The van der Waals surface area contributed by atoms with Crippen molar-refractivity contribution in [2.45, 2.75) is 52.0 Å². The monoisotopic (exact) mass is 326 g/mol. The first kappa shape index (κ1) is 17.1. The molecule has 1 aromatic carbocycles. The lowest BCUT2D eigenvalue weighted by molar-refractivity contribution is 0.415. The molecule has 2 heterocycles. The molecule has 0 aliphatic carbocycles. The topological polar surface area (TPSA) is 26.2 Å². The van der Waals surface area contributed by atoms with E-state index in [1.807, 2.05) is 0 Å². The van der Waals surface area contributed by atoms with Gasteiger partial charge in [0.15, 0.2) is 0 Å². The second-order valence-electron chi connectivity index (χ2n) is 6.83. The lowest BCUT2D eigenvalue weighted by Crippen LogP contribution is -2.24. The molecule has 0 saturated heterocycles. The molecule has 1 aromatic heterocycles. The van der Waals surface area contributed by atoms with Crippen molar-refractivity contribution < 1.29 is 4.74 Å². The molecule has 0 amide bonds. The maximum atomic E-state index is 5.47. The Labute approximate surface area is 145 Å². The van der Waals surface area contributed by atoms with Gasteiger partial charge in [-0.25, -0.2) is 0 Å². The van der Waals surface area contributed by atoms with E-state index in [2.05, 4.69) is 54.2 Å².